The van der Waals surface area contributed by atoms with Crippen LogP contribution in [0.4, 0.5) is 5.00 Å². The van der Waals surface area contributed by atoms with Crippen LogP contribution >= 0.6 is 11.3 Å². The fraction of sp³-hybridized carbons (Fsp3) is 0.391. The molecule has 1 atom stereocenters. The minimum absolute atomic E-state index is 0.340. The van der Waals surface area contributed by atoms with E-state index in [-0.39, 0.29) is 12.5 Å². The molecule has 0 spiro atoms. The topological polar surface area (TPSA) is 108 Å². The van der Waals surface area contributed by atoms with Gasteiger partial charge >= 0.3 is 5.97 Å². The molecule has 1 aliphatic carbocycles. The molecule has 0 radical (unpaired) electrons. The van der Waals surface area contributed by atoms with E-state index in [0.717, 1.165) is 40.8 Å². The van der Waals surface area contributed by atoms with Gasteiger partial charge in [-0.1, -0.05) is 24.1 Å². The van der Waals surface area contributed by atoms with Crippen molar-refractivity contribution >= 4 is 34.1 Å². The van der Waals surface area contributed by atoms with E-state index in [0.29, 0.717) is 22.0 Å². The van der Waals surface area contributed by atoms with E-state index < -0.39 is 18.5 Å². The summed E-state index contributed by atoms with van der Waals surface area (Å²) >= 11 is 1.41. The van der Waals surface area contributed by atoms with Crippen molar-refractivity contribution in [2.24, 2.45) is 5.92 Å². The molecule has 31 heavy (non-hydrogen) atoms. The molecule has 1 aromatic heterocycles. The molecular weight excluding hydrogens is 414 g/mol. The average Bonchev–Trinajstić information content (AvgIpc) is 3.05. The largest absolute Gasteiger partial charge is 0.454 e. The van der Waals surface area contributed by atoms with Crippen LogP contribution < -0.4 is 10.6 Å². The van der Waals surface area contributed by atoms with Crippen molar-refractivity contribution in [1.29, 1.82) is 5.26 Å². The van der Waals surface area contributed by atoms with Crippen molar-refractivity contribution in [1.82, 2.24) is 5.32 Å². The number of benzene rings is 1. The van der Waals surface area contributed by atoms with Crippen LogP contribution in [-0.2, 0) is 27.2 Å². The second-order valence-corrected chi connectivity index (χ2v) is 9.04. The summed E-state index contributed by atoms with van der Waals surface area (Å²) in [4.78, 5) is 37.5. The van der Waals surface area contributed by atoms with Gasteiger partial charge in [-0.25, -0.2) is 0 Å². The predicted molar refractivity (Wildman–Crippen MR) is 118 cm³/mol. The number of anilines is 1. The third-order valence-corrected chi connectivity index (χ3v) is 6.29. The Morgan fingerprint density at radius 1 is 1.23 bits per heavy atom. The molecule has 0 fully saturated rings. The summed E-state index contributed by atoms with van der Waals surface area (Å²) in [5.74, 6) is -1.06. The van der Waals surface area contributed by atoms with Crippen molar-refractivity contribution in [2.45, 2.75) is 40.0 Å². The minimum atomic E-state index is -0.715. The van der Waals surface area contributed by atoms with Gasteiger partial charge in [-0.15, -0.1) is 11.3 Å². The van der Waals surface area contributed by atoms with Gasteiger partial charge in [-0.05, 0) is 56.7 Å². The number of fused-ring (bicyclic) bond motifs is 1. The first kappa shape index (κ1) is 22.5. The van der Waals surface area contributed by atoms with Crippen molar-refractivity contribution in [3.05, 3.63) is 50.9 Å². The number of rotatable bonds is 6. The van der Waals surface area contributed by atoms with Gasteiger partial charge in [0.2, 0.25) is 0 Å². The lowest BCUT2D eigenvalue weighted by atomic mass is 9.89. The van der Waals surface area contributed by atoms with E-state index in [1.54, 1.807) is 12.1 Å². The lowest BCUT2D eigenvalue weighted by Gasteiger charge is -2.17. The molecule has 0 aliphatic heterocycles. The van der Waals surface area contributed by atoms with Gasteiger partial charge < -0.3 is 15.4 Å². The number of ether oxygens (including phenoxy) is 1. The summed E-state index contributed by atoms with van der Waals surface area (Å²) in [6, 6.07) is 7.60. The molecule has 162 valence electrons. The number of esters is 1. The Bertz CT molecular complexity index is 1050. The van der Waals surface area contributed by atoms with E-state index in [4.69, 9.17) is 4.74 Å². The molecule has 7 nitrogen and oxygen atoms in total. The summed E-state index contributed by atoms with van der Waals surface area (Å²) in [6.07, 6.45) is 2.76. The Balaban J connectivity index is 1.49. The second-order valence-electron chi connectivity index (χ2n) is 7.94. The molecule has 8 heteroatoms. The minimum Gasteiger partial charge on any atom is -0.454 e. The zero-order valence-corrected chi connectivity index (χ0v) is 18.6. The normalized spacial score (nSPS) is 14.8. The highest BCUT2D eigenvalue weighted by Crippen LogP contribution is 2.39. The Kier molecular flexibility index (Phi) is 7.08. The van der Waals surface area contributed by atoms with Gasteiger partial charge in [-0.3, -0.25) is 14.4 Å². The van der Waals surface area contributed by atoms with Crippen LogP contribution in [0, 0.1) is 31.1 Å². The number of hydrogen-bond donors (Lipinski definition) is 2. The van der Waals surface area contributed by atoms with Gasteiger partial charge in [0.25, 0.3) is 11.8 Å². The maximum atomic E-state index is 12.2. The fourth-order valence-electron chi connectivity index (χ4n) is 3.68. The summed E-state index contributed by atoms with van der Waals surface area (Å²) in [6.45, 7) is 5.12. The number of thiophene rings is 1. The van der Waals surface area contributed by atoms with Crippen molar-refractivity contribution in [2.75, 3.05) is 18.5 Å². The maximum absolute atomic E-state index is 12.2. The van der Waals surface area contributed by atoms with Gasteiger partial charge in [0.15, 0.2) is 6.61 Å². The summed E-state index contributed by atoms with van der Waals surface area (Å²) in [5.41, 5.74) is 3.89. The second kappa shape index (κ2) is 9.75. The van der Waals surface area contributed by atoms with Crippen LogP contribution in [0.15, 0.2) is 18.2 Å². The highest BCUT2D eigenvalue weighted by Gasteiger charge is 2.24. The number of amides is 2. The van der Waals surface area contributed by atoms with Crippen LogP contribution in [-0.4, -0.2) is 30.9 Å². The molecule has 0 saturated heterocycles. The highest BCUT2D eigenvalue weighted by molar-refractivity contribution is 7.16. The smallest absolute Gasteiger partial charge is 0.325 e. The molecule has 2 aromatic rings. The highest BCUT2D eigenvalue weighted by atomic mass is 32.1. The Labute approximate surface area is 185 Å². The lowest BCUT2D eigenvalue weighted by molar-refractivity contribution is -0.146. The molecular formula is C23H25N3O4S. The molecule has 0 saturated carbocycles. The van der Waals surface area contributed by atoms with E-state index in [1.165, 1.54) is 11.3 Å². The van der Waals surface area contributed by atoms with Crippen LogP contribution in [0.5, 0.6) is 0 Å². The third kappa shape index (κ3) is 5.70. The predicted octanol–water partition coefficient (Wildman–Crippen LogP) is 3.27. The molecule has 3 rings (SSSR count). The number of hydrogen-bond acceptors (Lipinski definition) is 6. The van der Waals surface area contributed by atoms with Gasteiger partial charge in [0, 0.05) is 10.4 Å². The number of nitrogens with one attached hydrogen (secondary N) is 2. The van der Waals surface area contributed by atoms with Crippen LogP contribution in [0.25, 0.3) is 0 Å². The number of nitrogens with zero attached hydrogens (tertiary/aromatic N) is 1. The Hall–Kier alpha value is -3.18. The van der Waals surface area contributed by atoms with E-state index in [1.807, 2.05) is 19.9 Å². The zero-order valence-electron chi connectivity index (χ0n) is 17.8. The van der Waals surface area contributed by atoms with Gasteiger partial charge in [-0.2, -0.15) is 5.26 Å². The molecule has 0 bridgehead atoms. The number of carbonyl (C=O) groups excluding carboxylic acids is 3. The van der Waals surface area contributed by atoms with E-state index in [9.17, 15) is 19.6 Å². The monoisotopic (exact) mass is 439 g/mol. The van der Waals surface area contributed by atoms with Crippen LogP contribution in [0.3, 0.4) is 0 Å². The van der Waals surface area contributed by atoms with Gasteiger partial charge in [0.05, 0.1) is 5.56 Å². The van der Waals surface area contributed by atoms with Crippen LogP contribution in [0.2, 0.25) is 0 Å². The fourth-order valence-corrected chi connectivity index (χ4v) is 5.05. The molecule has 1 aliphatic rings. The number of aryl methyl sites for hydroxylation is 2. The first-order valence-electron chi connectivity index (χ1n) is 10.1. The molecule has 1 heterocycles. The lowest BCUT2D eigenvalue weighted by Crippen LogP contribution is -2.32. The Morgan fingerprint density at radius 2 is 1.94 bits per heavy atom. The molecule has 2 N–H and O–H groups in total. The quantitative estimate of drug-likeness (QED) is 0.672. The Morgan fingerprint density at radius 3 is 2.61 bits per heavy atom. The average molecular weight is 440 g/mol. The number of carbonyl (C=O) groups is 3. The van der Waals surface area contributed by atoms with E-state index >= 15 is 0 Å². The summed E-state index contributed by atoms with van der Waals surface area (Å²) in [7, 11) is 0. The van der Waals surface area contributed by atoms with Crippen LogP contribution in [0.1, 0.15) is 50.8 Å². The zero-order chi connectivity index (χ0) is 22.5. The van der Waals surface area contributed by atoms with Crippen molar-refractivity contribution in [3.63, 3.8) is 0 Å². The molecule has 2 amide bonds. The standard InChI is InChI=1S/C23H25N3O4S/c1-13-4-5-17-18(10-24)23(31-19(17)9-13)26-20(27)12-30-21(28)11-25-22(29)16-7-14(2)6-15(3)8-16/h6-8,13H,4-5,9,11-12H2,1-3H3,(H,25,29)(H,26,27)/t13-/m0/s1. The molecule has 1 aromatic carbocycles. The first-order valence-corrected chi connectivity index (χ1v) is 10.9. The summed E-state index contributed by atoms with van der Waals surface area (Å²) < 4.78 is 4.96. The number of nitriles is 1. The third-order valence-electron chi connectivity index (χ3n) is 5.12. The SMILES string of the molecule is Cc1cc(C)cc(C(=O)NCC(=O)OCC(=O)Nc2sc3c(c2C#N)CC[C@H](C)C3)c1. The van der Waals surface area contributed by atoms with Gasteiger partial charge in [0.1, 0.15) is 17.6 Å². The first-order chi connectivity index (χ1) is 14.8. The van der Waals surface area contributed by atoms with E-state index in [2.05, 4.69) is 23.6 Å². The van der Waals surface area contributed by atoms with Crippen molar-refractivity contribution in [3.8, 4) is 6.07 Å². The maximum Gasteiger partial charge on any atom is 0.325 e. The summed E-state index contributed by atoms with van der Waals surface area (Å²) in [5, 5.41) is 15.2. The van der Waals surface area contributed by atoms with Crippen molar-refractivity contribution < 1.29 is 19.1 Å². The molecule has 0 unspecified atom stereocenters.